The maximum absolute atomic E-state index is 12.5. The summed E-state index contributed by atoms with van der Waals surface area (Å²) in [6.07, 6.45) is 13.4. The summed E-state index contributed by atoms with van der Waals surface area (Å²) in [5.41, 5.74) is 0. The number of carbonyl (C=O) groups excluding carboxylic acids is 1. The summed E-state index contributed by atoms with van der Waals surface area (Å²) in [4.78, 5) is 12.5. The molecule has 0 radical (unpaired) electrons. The van der Waals surface area contributed by atoms with Crippen LogP contribution in [0.25, 0.3) is 0 Å². The Hall–Kier alpha value is -0.370. The third-order valence-electron chi connectivity index (χ3n) is 4.37. The molecule has 1 N–H and O–H groups in total. The van der Waals surface area contributed by atoms with Crippen molar-refractivity contribution in [1.82, 2.24) is 5.32 Å². The predicted molar refractivity (Wildman–Crippen MR) is 82.4 cm³/mol. The van der Waals surface area contributed by atoms with E-state index in [0.29, 0.717) is 11.7 Å². The van der Waals surface area contributed by atoms with E-state index in [1.54, 1.807) is 0 Å². The van der Waals surface area contributed by atoms with Gasteiger partial charge in [-0.25, -0.2) is 0 Å². The third-order valence-corrected chi connectivity index (χ3v) is 4.37. The van der Waals surface area contributed by atoms with Gasteiger partial charge in [-0.3, -0.25) is 4.79 Å². The molecule has 2 nitrogen and oxygen atoms in total. The van der Waals surface area contributed by atoms with Crippen molar-refractivity contribution in [1.29, 1.82) is 0 Å². The Morgan fingerprint density at radius 1 is 1.05 bits per heavy atom. The summed E-state index contributed by atoms with van der Waals surface area (Å²) >= 11 is 0. The number of unbranched alkanes of at least 4 members (excludes halogenated alkanes) is 5. The van der Waals surface area contributed by atoms with Crippen LogP contribution in [0.15, 0.2) is 0 Å². The minimum absolute atomic E-state index is 0.178. The maximum Gasteiger partial charge on any atom is 0.152 e. The average molecular weight is 267 g/mol. The summed E-state index contributed by atoms with van der Waals surface area (Å²) in [5, 5.41) is 3.37. The largest absolute Gasteiger partial charge is 0.307 e. The first-order valence-electron chi connectivity index (χ1n) is 8.56. The van der Waals surface area contributed by atoms with Crippen LogP contribution in [0.4, 0.5) is 0 Å². The molecule has 0 aliphatic carbocycles. The molecule has 2 heteroatoms. The minimum Gasteiger partial charge on any atom is -0.307 e. The standard InChI is InChI=1S/C17H33NO/c1-3-5-7-8-9-12-15(11-6-4-2)17(19)16-13-10-14-18-16/h15-16,18H,3-14H2,1-2H3. The normalized spacial score (nSPS) is 20.6. The average Bonchev–Trinajstić information content (AvgIpc) is 2.95. The van der Waals surface area contributed by atoms with Gasteiger partial charge in [0.15, 0.2) is 5.78 Å². The molecule has 1 rings (SSSR count). The highest BCUT2D eigenvalue weighted by atomic mass is 16.1. The van der Waals surface area contributed by atoms with Gasteiger partial charge < -0.3 is 5.32 Å². The van der Waals surface area contributed by atoms with Gasteiger partial charge in [-0.15, -0.1) is 0 Å². The molecule has 1 heterocycles. The lowest BCUT2D eigenvalue weighted by Gasteiger charge is -2.19. The number of rotatable bonds is 11. The van der Waals surface area contributed by atoms with Crippen LogP contribution in [0.3, 0.4) is 0 Å². The second-order valence-electron chi connectivity index (χ2n) is 6.09. The number of nitrogens with one attached hydrogen (secondary N) is 1. The first kappa shape index (κ1) is 16.7. The van der Waals surface area contributed by atoms with Crippen LogP contribution < -0.4 is 5.32 Å². The number of hydrogen-bond donors (Lipinski definition) is 1. The molecule has 0 aromatic heterocycles. The molecule has 112 valence electrons. The topological polar surface area (TPSA) is 29.1 Å². The van der Waals surface area contributed by atoms with Gasteiger partial charge in [0.25, 0.3) is 0 Å². The lowest BCUT2D eigenvalue weighted by molar-refractivity contribution is -0.125. The van der Waals surface area contributed by atoms with Crippen molar-refractivity contribution < 1.29 is 4.79 Å². The van der Waals surface area contributed by atoms with Crippen molar-refractivity contribution in [3.05, 3.63) is 0 Å². The predicted octanol–water partition coefficient (Wildman–Crippen LogP) is 4.47. The summed E-state index contributed by atoms with van der Waals surface area (Å²) in [6.45, 7) is 5.50. The molecular weight excluding hydrogens is 234 g/mol. The SMILES string of the molecule is CCCCCCCC(CCCC)C(=O)C1CCCN1. The van der Waals surface area contributed by atoms with Crippen molar-refractivity contribution in [3.8, 4) is 0 Å². The van der Waals surface area contributed by atoms with Crippen LogP contribution in [-0.2, 0) is 4.79 Å². The molecule has 0 bridgehead atoms. The fraction of sp³-hybridized carbons (Fsp3) is 0.941. The van der Waals surface area contributed by atoms with E-state index < -0.39 is 0 Å². The lowest BCUT2D eigenvalue weighted by Crippen LogP contribution is -2.35. The van der Waals surface area contributed by atoms with E-state index in [4.69, 9.17) is 0 Å². The van der Waals surface area contributed by atoms with E-state index in [1.165, 1.54) is 51.4 Å². The first-order chi connectivity index (χ1) is 9.29. The highest BCUT2D eigenvalue weighted by molar-refractivity contribution is 5.86. The third kappa shape index (κ3) is 6.56. The van der Waals surface area contributed by atoms with Crippen molar-refractivity contribution in [3.63, 3.8) is 0 Å². The monoisotopic (exact) mass is 267 g/mol. The Morgan fingerprint density at radius 3 is 2.37 bits per heavy atom. The molecule has 2 atom stereocenters. The van der Waals surface area contributed by atoms with Gasteiger partial charge in [0.1, 0.15) is 0 Å². The molecule has 1 saturated heterocycles. The molecule has 1 aliphatic rings. The van der Waals surface area contributed by atoms with Gasteiger partial charge in [0, 0.05) is 5.92 Å². The first-order valence-corrected chi connectivity index (χ1v) is 8.56. The van der Waals surface area contributed by atoms with Crippen LogP contribution in [-0.4, -0.2) is 18.4 Å². The Balaban J connectivity index is 2.30. The smallest absolute Gasteiger partial charge is 0.152 e. The molecular formula is C17H33NO. The van der Waals surface area contributed by atoms with Crippen molar-refractivity contribution in [2.75, 3.05) is 6.54 Å². The van der Waals surface area contributed by atoms with Gasteiger partial charge in [0.05, 0.1) is 6.04 Å². The van der Waals surface area contributed by atoms with Crippen molar-refractivity contribution in [2.24, 2.45) is 5.92 Å². The second kappa shape index (κ2) is 10.4. The number of hydrogen-bond acceptors (Lipinski definition) is 2. The summed E-state index contributed by atoms with van der Waals surface area (Å²) in [7, 11) is 0. The molecule has 19 heavy (non-hydrogen) atoms. The zero-order chi connectivity index (χ0) is 13.9. The molecule has 0 spiro atoms. The molecule has 0 amide bonds. The van der Waals surface area contributed by atoms with Gasteiger partial charge >= 0.3 is 0 Å². The molecule has 0 aromatic rings. The van der Waals surface area contributed by atoms with E-state index in [0.717, 1.165) is 25.8 Å². The fourth-order valence-electron chi connectivity index (χ4n) is 3.09. The lowest BCUT2D eigenvalue weighted by atomic mass is 9.87. The van der Waals surface area contributed by atoms with Crippen LogP contribution in [0.5, 0.6) is 0 Å². The quantitative estimate of drug-likeness (QED) is 0.559. The summed E-state index contributed by atoms with van der Waals surface area (Å²) < 4.78 is 0. The summed E-state index contributed by atoms with van der Waals surface area (Å²) in [5.74, 6) is 0.846. The highest BCUT2D eigenvalue weighted by Crippen LogP contribution is 2.22. The minimum atomic E-state index is 0.178. The van der Waals surface area contributed by atoms with E-state index in [9.17, 15) is 4.79 Å². The summed E-state index contributed by atoms with van der Waals surface area (Å²) in [6, 6.07) is 0.178. The van der Waals surface area contributed by atoms with Crippen LogP contribution in [0, 0.1) is 5.92 Å². The van der Waals surface area contributed by atoms with E-state index in [2.05, 4.69) is 19.2 Å². The molecule has 2 unspecified atom stereocenters. The molecule has 1 aliphatic heterocycles. The Kier molecular flexibility index (Phi) is 9.15. The number of carbonyl (C=O) groups is 1. The van der Waals surface area contributed by atoms with Crippen LogP contribution in [0.1, 0.15) is 84.5 Å². The Labute approximate surface area is 119 Å². The van der Waals surface area contributed by atoms with Gasteiger partial charge in [-0.2, -0.15) is 0 Å². The molecule has 0 saturated carbocycles. The molecule has 1 fully saturated rings. The Morgan fingerprint density at radius 2 is 1.74 bits per heavy atom. The second-order valence-corrected chi connectivity index (χ2v) is 6.09. The number of Topliss-reactive ketones (excluding diaryl/α,β-unsaturated/α-hetero) is 1. The van der Waals surface area contributed by atoms with Crippen LogP contribution in [0.2, 0.25) is 0 Å². The van der Waals surface area contributed by atoms with Gasteiger partial charge in [-0.1, -0.05) is 58.8 Å². The van der Waals surface area contributed by atoms with E-state index in [-0.39, 0.29) is 6.04 Å². The maximum atomic E-state index is 12.5. The van der Waals surface area contributed by atoms with Gasteiger partial charge in [0.2, 0.25) is 0 Å². The van der Waals surface area contributed by atoms with Crippen molar-refractivity contribution >= 4 is 5.78 Å². The number of ketones is 1. The highest BCUT2D eigenvalue weighted by Gasteiger charge is 2.28. The van der Waals surface area contributed by atoms with E-state index in [1.807, 2.05) is 0 Å². The van der Waals surface area contributed by atoms with E-state index >= 15 is 0 Å². The van der Waals surface area contributed by atoms with Crippen LogP contribution >= 0.6 is 0 Å². The fourth-order valence-corrected chi connectivity index (χ4v) is 3.09. The zero-order valence-electron chi connectivity index (χ0n) is 13.0. The Bertz CT molecular complexity index is 233. The zero-order valence-corrected chi connectivity index (χ0v) is 13.0. The van der Waals surface area contributed by atoms with Crippen molar-refractivity contribution in [2.45, 2.75) is 90.5 Å². The molecule has 0 aromatic carbocycles. The van der Waals surface area contributed by atoms with Gasteiger partial charge in [-0.05, 0) is 32.2 Å².